The van der Waals surface area contributed by atoms with E-state index >= 15 is 0 Å². The third kappa shape index (κ3) is 4.73. The Morgan fingerprint density at radius 1 is 1.18 bits per heavy atom. The smallest absolute Gasteiger partial charge is 0.310 e. The Morgan fingerprint density at radius 2 is 1.86 bits per heavy atom. The summed E-state index contributed by atoms with van der Waals surface area (Å²) in [5.74, 6) is -0.471. The Balaban J connectivity index is 2.95. The number of hydrogen-bond acceptors (Lipinski definition) is 5. The lowest BCUT2D eigenvalue weighted by molar-refractivity contribution is -0.145. The summed E-state index contributed by atoms with van der Waals surface area (Å²) in [6.45, 7) is 2.75. The maximum absolute atomic E-state index is 12.7. The molecule has 0 fully saturated rings. The van der Waals surface area contributed by atoms with E-state index in [2.05, 4.69) is 0 Å². The number of para-hydroxylation sites is 1. The zero-order valence-corrected chi connectivity index (χ0v) is 13.5. The quantitative estimate of drug-likeness (QED) is 0.682. The lowest BCUT2D eigenvalue weighted by atomic mass is 10.1. The van der Waals surface area contributed by atoms with E-state index in [1.165, 1.54) is 14.2 Å². The first-order valence-electron chi connectivity index (χ1n) is 7.04. The van der Waals surface area contributed by atoms with Crippen LogP contribution in [0.1, 0.15) is 17.3 Å². The fraction of sp³-hybridized carbons (Fsp3) is 0.500. The van der Waals surface area contributed by atoms with Crippen molar-refractivity contribution in [3.63, 3.8) is 0 Å². The van der Waals surface area contributed by atoms with Crippen LogP contribution in [0.4, 0.5) is 0 Å². The number of esters is 1. The number of amides is 1. The van der Waals surface area contributed by atoms with Crippen LogP contribution in [-0.4, -0.2) is 57.8 Å². The van der Waals surface area contributed by atoms with Crippen molar-refractivity contribution in [2.75, 3.05) is 41.0 Å². The lowest BCUT2D eigenvalue weighted by Gasteiger charge is -2.25. The van der Waals surface area contributed by atoms with E-state index in [-0.39, 0.29) is 18.4 Å². The number of nitrogens with zero attached hydrogens (tertiary/aromatic N) is 1. The van der Waals surface area contributed by atoms with Gasteiger partial charge in [-0.3, -0.25) is 9.59 Å². The van der Waals surface area contributed by atoms with Gasteiger partial charge in [0, 0.05) is 20.2 Å². The summed E-state index contributed by atoms with van der Waals surface area (Å²) in [6.07, 6.45) is 0. The molecule has 1 atom stereocenters. The molecule has 0 saturated heterocycles. The zero-order chi connectivity index (χ0) is 16.5. The number of methoxy groups -OCH3 is 3. The van der Waals surface area contributed by atoms with E-state index in [9.17, 15) is 9.59 Å². The van der Waals surface area contributed by atoms with Gasteiger partial charge in [-0.25, -0.2) is 0 Å². The third-order valence-electron chi connectivity index (χ3n) is 3.29. The molecule has 0 aliphatic carbocycles. The molecule has 1 unspecified atom stereocenters. The summed E-state index contributed by atoms with van der Waals surface area (Å²) in [6, 6.07) is 7.00. The Morgan fingerprint density at radius 3 is 2.45 bits per heavy atom. The minimum absolute atomic E-state index is 0.203. The van der Waals surface area contributed by atoms with Crippen molar-refractivity contribution in [1.29, 1.82) is 0 Å². The summed E-state index contributed by atoms with van der Waals surface area (Å²) >= 11 is 0. The largest absolute Gasteiger partial charge is 0.496 e. The molecule has 0 bridgehead atoms. The fourth-order valence-corrected chi connectivity index (χ4v) is 2.08. The standard InChI is InChI=1S/C16H23NO5/c1-12(16(19)22-4)11-17(9-10-20-2)15(18)13-7-5-6-8-14(13)21-3/h5-8,12H,9-11H2,1-4H3. The minimum Gasteiger partial charge on any atom is -0.496 e. The van der Waals surface area contributed by atoms with Crippen LogP contribution < -0.4 is 4.74 Å². The van der Waals surface area contributed by atoms with E-state index in [0.717, 1.165) is 0 Å². The fourth-order valence-electron chi connectivity index (χ4n) is 2.08. The van der Waals surface area contributed by atoms with Gasteiger partial charge in [-0.2, -0.15) is 0 Å². The normalized spacial score (nSPS) is 11.6. The number of rotatable bonds is 8. The highest BCUT2D eigenvalue weighted by Crippen LogP contribution is 2.20. The lowest BCUT2D eigenvalue weighted by Crippen LogP contribution is -2.39. The highest BCUT2D eigenvalue weighted by Gasteiger charge is 2.24. The van der Waals surface area contributed by atoms with Crippen molar-refractivity contribution < 1.29 is 23.8 Å². The topological polar surface area (TPSA) is 65.1 Å². The van der Waals surface area contributed by atoms with Crippen LogP contribution in [0.5, 0.6) is 5.75 Å². The second kappa shape index (κ2) is 9.04. The van der Waals surface area contributed by atoms with Gasteiger partial charge in [-0.1, -0.05) is 19.1 Å². The first-order chi connectivity index (χ1) is 10.5. The van der Waals surface area contributed by atoms with Gasteiger partial charge in [0.15, 0.2) is 0 Å². The first-order valence-corrected chi connectivity index (χ1v) is 7.04. The number of benzene rings is 1. The second-order valence-electron chi connectivity index (χ2n) is 4.87. The maximum atomic E-state index is 12.7. The van der Waals surface area contributed by atoms with Crippen LogP contribution in [0.3, 0.4) is 0 Å². The second-order valence-corrected chi connectivity index (χ2v) is 4.87. The Hall–Kier alpha value is -2.08. The van der Waals surface area contributed by atoms with Crippen LogP contribution in [0.15, 0.2) is 24.3 Å². The number of carbonyl (C=O) groups excluding carboxylic acids is 2. The van der Waals surface area contributed by atoms with E-state index in [1.54, 1.807) is 43.2 Å². The molecule has 22 heavy (non-hydrogen) atoms. The van der Waals surface area contributed by atoms with Crippen molar-refractivity contribution >= 4 is 11.9 Å². The molecule has 1 amide bonds. The molecule has 1 aromatic rings. The molecule has 0 N–H and O–H groups in total. The van der Waals surface area contributed by atoms with Crippen molar-refractivity contribution in [2.45, 2.75) is 6.92 Å². The van der Waals surface area contributed by atoms with Crippen LogP contribution >= 0.6 is 0 Å². The Labute approximate surface area is 131 Å². The first kappa shape index (κ1) is 18.0. The Bertz CT molecular complexity index is 503. The molecule has 0 aliphatic heterocycles. The number of hydrogen-bond donors (Lipinski definition) is 0. The van der Waals surface area contributed by atoms with Crippen molar-refractivity contribution in [1.82, 2.24) is 4.90 Å². The molecule has 0 spiro atoms. The van der Waals surface area contributed by atoms with Crippen LogP contribution in [-0.2, 0) is 14.3 Å². The number of carbonyl (C=O) groups is 2. The zero-order valence-electron chi connectivity index (χ0n) is 13.5. The van der Waals surface area contributed by atoms with Crippen LogP contribution in [0.25, 0.3) is 0 Å². The predicted octanol–water partition coefficient (Wildman–Crippen LogP) is 1.59. The summed E-state index contributed by atoms with van der Waals surface area (Å²) in [4.78, 5) is 25.9. The van der Waals surface area contributed by atoms with Gasteiger partial charge < -0.3 is 19.1 Å². The molecule has 0 aliphatic rings. The number of ether oxygens (including phenoxy) is 3. The molecule has 1 aromatic carbocycles. The maximum Gasteiger partial charge on any atom is 0.310 e. The third-order valence-corrected chi connectivity index (χ3v) is 3.29. The molecular formula is C16H23NO5. The molecule has 0 aromatic heterocycles. The van der Waals surface area contributed by atoms with E-state index in [4.69, 9.17) is 14.2 Å². The Kier molecular flexibility index (Phi) is 7.39. The van der Waals surface area contributed by atoms with Crippen LogP contribution in [0.2, 0.25) is 0 Å². The molecule has 0 saturated carbocycles. The summed E-state index contributed by atoms with van der Waals surface area (Å²) < 4.78 is 15.0. The summed E-state index contributed by atoms with van der Waals surface area (Å²) in [5, 5.41) is 0. The monoisotopic (exact) mass is 309 g/mol. The highest BCUT2D eigenvalue weighted by atomic mass is 16.5. The molecule has 1 rings (SSSR count). The molecular weight excluding hydrogens is 286 g/mol. The van der Waals surface area contributed by atoms with Gasteiger partial charge in [0.2, 0.25) is 0 Å². The molecule has 6 nitrogen and oxygen atoms in total. The predicted molar refractivity (Wildman–Crippen MR) is 82.0 cm³/mol. The van der Waals surface area contributed by atoms with E-state index in [0.29, 0.717) is 24.5 Å². The van der Waals surface area contributed by atoms with Gasteiger partial charge in [0.1, 0.15) is 5.75 Å². The SMILES string of the molecule is COCCN(CC(C)C(=O)OC)C(=O)c1ccccc1OC. The minimum atomic E-state index is -0.416. The summed E-state index contributed by atoms with van der Waals surface area (Å²) in [5.41, 5.74) is 0.457. The van der Waals surface area contributed by atoms with Gasteiger partial charge in [0.25, 0.3) is 5.91 Å². The average Bonchev–Trinajstić information content (AvgIpc) is 2.56. The van der Waals surface area contributed by atoms with Gasteiger partial charge in [-0.15, -0.1) is 0 Å². The van der Waals surface area contributed by atoms with Gasteiger partial charge in [-0.05, 0) is 12.1 Å². The van der Waals surface area contributed by atoms with Crippen molar-refractivity contribution in [2.24, 2.45) is 5.92 Å². The molecule has 0 radical (unpaired) electrons. The average molecular weight is 309 g/mol. The van der Waals surface area contributed by atoms with Crippen molar-refractivity contribution in [3.8, 4) is 5.75 Å². The molecule has 6 heteroatoms. The van der Waals surface area contributed by atoms with E-state index < -0.39 is 5.92 Å². The van der Waals surface area contributed by atoms with Crippen molar-refractivity contribution in [3.05, 3.63) is 29.8 Å². The van der Waals surface area contributed by atoms with Crippen LogP contribution in [0, 0.1) is 5.92 Å². The van der Waals surface area contributed by atoms with E-state index in [1.807, 2.05) is 0 Å². The highest BCUT2D eigenvalue weighted by molar-refractivity contribution is 5.97. The molecule has 0 heterocycles. The van der Waals surface area contributed by atoms with Gasteiger partial charge in [0.05, 0.1) is 32.3 Å². The summed E-state index contributed by atoms with van der Waals surface area (Å²) in [7, 11) is 4.42. The van der Waals surface area contributed by atoms with Gasteiger partial charge >= 0.3 is 5.97 Å². The molecule has 122 valence electrons.